The number of nitrogens with zero attached hydrogens (tertiary/aromatic N) is 2. The number of amides is 1. The Labute approximate surface area is 119 Å². The lowest BCUT2D eigenvalue weighted by molar-refractivity contribution is 0.0784. The van der Waals surface area contributed by atoms with Crippen LogP contribution in [0.5, 0.6) is 0 Å². The molecule has 0 bridgehead atoms. The van der Waals surface area contributed by atoms with Crippen LogP contribution in [0.25, 0.3) is 0 Å². The van der Waals surface area contributed by atoms with E-state index in [0.29, 0.717) is 12.1 Å². The average Bonchev–Trinajstić information content (AvgIpc) is 2.48. The maximum Gasteiger partial charge on any atom is 0.254 e. The van der Waals surface area contributed by atoms with Gasteiger partial charge in [0.15, 0.2) is 0 Å². The lowest BCUT2D eigenvalue weighted by Crippen LogP contribution is -2.26. The number of hydrogen-bond acceptors (Lipinski definition) is 2. The Bertz CT molecular complexity index is 653. The van der Waals surface area contributed by atoms with E-state index in [1.54, 1.807) is 24.1 Å². The quantitative estimate of drug-likeness (QED) is 0.854. The molecule has 0 aliphatic carbocycles. The van der Waals surface area contributed by atoms with Gasteiger partial charge in [-0.2, -0.15) is 5.26 Å². The first-order chi connectivity index (χ1) is 9.61. The van der Waals surface area contributed by atoms with E-state index in [0.717, 1.165) is 16.7 Å². The molecule has 0 unspecified atom stereocenters. The van der Waals surface area contributed by atoms with Crippen LogP contribution in [-0.2, 0) is 6.54 Å². The minimum atomic E-state index is 0.00691. The van der Waals surface area contributed by atoms with Crippen molar-refractivity contribution in [3.63, 3.8) is 0 Å². The second-order valence-electron chi connectivity index (χ2n) is 4.78. The maximum absolute atomic E-state index is 12.4. The third kappa shape index (κ3) is 3.04. The summed E-state index contributed by atoms with van der Waals surface area (Å²) in [6.45, 7) is 2.46. The third-order valence-corrected chi connectivity index (χ3v) is 3.22. The molecule has 3 nitrogen and oxygen atoms in total. The lowest BCUT2D eigenvalue weighted by Gasteiger charge is -2.18. The SMILES string of the molecule is Cc1ccccc1C(=O)N(C)Cc1ccc(C#N)cc1. The van der Waals surface area contributed by atoms with Crippen LogP contribution in [0, 0.1) is 18.3 Å². The van der Waals surface area contributed by atoms with E-state index in [1.165, 1.54) is 0 Å². The van der Waals surface area contributed by atoms with E-state index in [9.17, 15) is 4.79 Å². The van der Waals surface area contributed by atoms with Crippen LogP contribution < -0.4 is 0 Å². The van der Waals surface area contributed by atoms with E-state index in [1.807, 2.05) is 43.3 Å². The number of hydrogen-bond donors (Lipinski definition) is 0. The van der Waals surface area contributed by atoms with E-state index in [2.05, 4.69) is 6.07 Å². The Morgan fingerprint density at radius 1 is 1.15 bits per heavy atom. The van der Waals surface area contributed by atoms with E-state index >= 15 is 0 Å². The molecule has 0 aliphatic rings. The van der Waals surface area contributed by atoms with Crippen LogP contribution in [-0.4, -0.2) is 17.9 Å². The molecule has 0 saturated heterocycles. The second kappa shape index (κ2) is 6.03. The van der Waals surface area contributed by atoms with Crippen LogP contribution >= 0.6 is 0 Å². The van der Waals surface area contributed by atoms with Crippen LogP contribution in [0.2, 0.25) is 0 Å². The average molecular weight is 264 g/mol. The van der Waals surface area contributed by atoms with Crippen LogP contribution in [0.1, 0.15) is 27.0 Å². The highest BCUT2D eigenvalue weighted by Gasteiger charge is 2.13. The molecule has 100 valence electrons. The molecular weight excluding hydrogens is 248 g/mol. The van der Waals surface area contributed by atoms with Gasteiger partial charge < -0.3 is 4.90 Å². The lowest BCUT2D eigenvalue weighted by atomic mass is 10.1. The van der Waals surface area contributed by atoms with Crippen molar-refractivity contribution < 1.29 is 4.79 Å². The number of nitriles is 1. The number of rotatable bonds is 3. The van der Waals surface area contributed by atoms with Crippen LogP contribution in [0.15, 0.2) is 48.5 Å². The summed E-state index contributed by atoms with van der Waals surface area (Å²) in [5.41, 5.74) is 3.34. The van der Waals surface area contributed by atoms with E-state index in [4.69, 9.17) is 5.26 Å². The first kappa shape index (κ1) is 13.8. The van der Waals surface area contributed by atoms with Gasteiger partial charge >= 0.3 is 0 Å². The molecule has 2 aromatic carbocycles. The Hall–Kier alpha value is -2.60. The zero-order valence-corrected chi connectivity index (χ0v) is 11.6. The topological polar surface area (TPSA) is 44.1 Å². The molecular formula is C17H16N2O. The maximum atomic E-state index is 12.4. The van der Waals surface area contributed by atoms with Gasteiger partial charge in [-0.05, 0) is 36.2 Å². The summed E-state index contributed by atoms with van der Waals surface area (Å²) >= 11 is 0. The molecule has 2 rings (SSSR count). The smallest absolute Gasteiger partial charge is 0.254 e. The van der Waals surface area contributed by atoms with Gasteiger partial charge in [0, 0.05) is 19.2 Å². The van der Waals surface area contributed by atoms with Gasteiger partial charge in [-0.1, -0.05) is 30.3 Å². The first-order valence-corrected chi connectivity index (χ1v) is 6.42. The molecule has 0 aliphatic heterocycles. The van der Waals surface area contributed by atoms with Gasteiger partial charge in [0.25, 0.3) is 5.91 Å². The van der Waals surface area contributed by atoms with Gasteiger partial charge in [0.05, 0.1) is 11.6 Å². The fourth-order valence-electron chi connectivity index (χ4n) is 2.05. The Balaban J connectivity index is 2.11. The summed E-state index contributed by atoms with van der Waals surface area (Å²) in [7, 11) is 1.78. The number of carbonyl (C=O) groups excluding carboxylic acids is 1. The Morgan fingerprint density at radius 2 is 1.80 bits per heavy atom. The molecule has 0 radical (unpaired) electrons. The van der Waals surface area contributed by atoms with Gasteiger partial charge in [-0.15, -0.1) is 0 Å². The van der Waals surface area contributed by atoms with Crippen molar-refractivity contribution >= 4 is 5.91 Å². The fourth-order valence-corrected chi connectivity index (χ4v) is 2.05. The second-order valence-corrected chi connectivity index (χ2v) is 4.78. The molecule has 0 fully saturated rings. The zero-order valence-electron chi connectivity index (χ0n) is 11.6. The third-order valence-electron chi connectivity index (χ3n) is 3.22. The van der Waals surface area contributed by atoms with Crippen molar-refractivity contribution in [1.29, 1.82) is 5.26 Å². The summed E-state index contributed by atoms with van der Waals surface area (Å²) < 4.78 is 0. The predicted molar refractivity (Wildman–Crippen MR) is 78.1 cm³/mol. The standard InChI is InChI=1S/C17H16N2O/c1-13-5-3-4-6-16(13)17(20)19(2)12-15-9-7-14(11-18)8-10-15/h3-10H,12H2,1-2H3. The van der Waals surface area contributed by atoms with Gasteiger partial charge in [0.2, 0.25) is 0 Å². The van der Waals surface area contributed by atoms with Crippen molar-refractivity contribution in [3.05, 3.63) is 70.8 Å². The largest absolute Gasteiger partial charge is 0.337 e. The highest BCUT2D eigenvalue weighted by atomic mass is 16.2. The zero-order chi connectivity index (χ0) is 14.5. The van der Waals surface area contributed by atoms with E-state index in [-0.39, 0.29) is 5.91 Å². The molecule has 2 aromatic rings. The van der Waals surface area contributed by atoms with E-state index < -0.39 is 0 Å². The minimum absolute atomic E-state index is 0.00691. The number of aryl methyl sites for hydroxylation is 1. The predicted octanol–water partition coefficient (Wildman–Crippen LogP) is 3.14. The van der Waals surface area contributed by atoms with Crippen LogP contribution in [0.3, 0.4) is 0 Å². The molecule has 1 amide bonds. The summed E-state index contributed by atoms with van der Waals surface area (Å²) in [5, 5.41) is 8.76. The number of carbonyl (C=O) groups is 1. The Morgan fingerprint density at radius 3 is 2.40 bits per heavy atom. The molecule has 0 saturated carbocycles. The molecule has 0 aromatic heterocycles. The van der Waals surface area contributed by atoms with Gasteiger partial charge in [-0.3, -0.25) is 4.79 Å². The normalized spacial score (nSPS) is 9.85. The summed E-state index contributed by atoms with van der Waals surface area (Å²) in [6.07, 6.45) is 0. The monoisotopic (exact) mass is 264 g/mol. The van der Waals surface area contributed by atoms with Crippen molar-refractivity contribution in [3.8, 4) is 6.07 Å². The van der Waals surface area contributed by atoms with Crippen molar-refractivity contribution in [2.75, 3.05) is 7.05 Å². The van der Waals surface area contributed by atoms with Crippen molar-refractivity contribution in [2.24, 2.45) is 0 Å². The molecule has 20 heavy (non-hydrogen) atoms. The Kier molecular flexibility index (Phi) is 4.17. The van der Waals surface area contributed by atoms with Crippen molar-refractivity contribution in [1.82, 2.24) is 4.90 Å². The first-order valence-electron chi connectivity index (χ1n) is 6.42. The number of benzene rings is 2. The van der Waals surface area contributed by atoms with Crippen LogP contribution in [0.4, 0.5) is 0 Å². The highest BCUT2D eigenvalue weighted by molar-refractivity contribution is 5.95. The van der Waals surface area contributed by atoms with Crippen molar-refractivity contribution in [2.45, 2.75) is 13.5 Å². The fraction of sp³-hybridized carbons (Fsp3) is 0.176. The van der Waals surface area contributed by atoms with Gasteiger partial charge in [0.1, 0.15) is 0 Å². The summed E-state index contributed by atoms with van der Waals surface area (Å²) in [5.74, 6) is 0.00691. The van der Waals surface area contributed by atoms with Gasteiger partial charge in [-0.25, -0.2) is 0 Å². The molecule has 3 heteroatoms. The molecule has 0 N–H and O–H groups in total. The minimum Gasteiger partial charge on any atom is -0.337 e. The highest BCUT2D eigenvalue weighted by Crippen LogP contribution is 2.12. The summed E-state index contributed by atoms with van der Waals surface area (Å²) in [4.78, 5) is 14.1. The summed E-state index contributed by atoms with van der Waals surface area (Å²) in [6, 6.07) is 16.9. The molecule has 0 heterocycles. The molecule has 0 atom stereocenters. The molecule has 0 spiro atoms.